The molecule has 0 radical (unpaired) electrons. The molecule has 2 N–H and O–H groups in total. The van der Waals surface area contributed by atoms with Gasteiger partial charge in [0.15, 0.2) is 0 Å². The van der Waals surface area contributed by atoms with E-state index >= 15 is 0 Å². The lowest BCUT2D eigenvalue weighted by atomic mass is 9.79. The highest BCUT2D eigenvalue weighted by atomic mass is 16.5. The highest BCUT2D eigenvalue weighted by Crippen LogP contribution is 2.32. The maximum atomic E-state index is 12.7. The number of piperidine rings is 3. The molecule has 0 spiro atoms. The van der Waals surface area contributed by atoms with E-state index in [1.165, 1.54) is 25.9 Å². The molecule has 5 rings (SSSR count). The van der Waals surface area contributed by atoms with Gasteiger partial charge in [-0.05, 0) is 63.0 Å². The van der Waals surface area contributed by atoms with Crippen molar-refractivity contribution in [1.29, 1.82) is 0 Å². The summed E-state index contributed by atoms with van der Waals surface area (Å²) in [6.07, 6.45) is 2.38. The topological polar surface area (TPSA) is 57.4 Å². The maximum absolute atomic E-state index is 12.7. The van der Waals surface area contributed by atoms with E-state index in [4.69, 9.17) is 4.74 Å². The molecule has 0 unspecified atom stereocenters. The number of nitrogens with one attached hydrogen (secondary N) is 2. The Balaban J connectivity index is 1.49. The molecule has 0 aliphatic carbocycles. The SMILES string of the molecule is COc1cccc(-c2ccc(C(=O)N[C@@H]3C4CCN(CC4)[C@H]3C)[nH]2)c1. The Kier molecular flexibility index (Phi) is 4.25. The van der Waals surface area contributed by atoms with Gasteiger partial charge in [-0.2, -0.15) is 0 Å². The lowest BCUT2D eigenvalue weighted by Crippen LogP contribution is -2.62. The fraction of sp³-hybridized carbons (Fsp3) is 0.450. The van der Waals surface area contributed by atoms with Gasteiger partial charge in [0.05, 0.1) is 7.11 Å². The minimum atomic E-state index is -0.0141. The molecular weight excluding hydrogens is 314 g/mol. The fourth-order valence-corrected chi connectivity index (χ4v) is 4.26. The third-order valence-corrected chi connectivity index (χ3v) is 5.79. The highest BCUT2D eigenvalue weighted by molar-refractivity contribution is 5.93. The van der Waals surface area contributed by atoms with Crippen molar-refractivity contribution < 1.29 is 9.53 Å². The quantitative estimate of drug-likeness (QED) is 0.900. The molecule has 3 aliphatic rings. The van der Waals surface area contributed by atoms with Crippen LogP contribution < -0.4 is 10.1 Å². The normalized spacial score (nSPS) is 27.9. The van der Waals surface area contributed by atoms with Crippen molar-refractivity contribution >= 4 is 5.91 Å². The molecule has 1 aromatic heterocycles. The Labute approximate surface area is 148 Å². The van der Waals surface area contributed by atoms with Gasteiger partial charge in [0.25, 0.3) is 5.91 Å². The van der Waals surface area contributed by atoms with Crippen LogP contribution in [0.4, 0.5) is 0 Å². The molecule has 5 heteroatoms. The molecule has 2 aromatic rings. The van der Waals surface area contributed by atoms with E-state index in [9.17, 15) is 4.79 Å². The minimum absolute atomic E-state index is 0.0141. The number of aromatic amines is 1. The number of benzene rings is 1. The summed E-state index contributed by atoms with van der Waals surface area (Å²) in [7, 11) is 1.65. The van der Waals surface area contributed by atoms with Gasteiger partial charge in [-0.1, -0.05) is 12.1 Å². The van der Waals surface area contributed by atoms with E-state index in [2.05, 4.69) is 22.1 Å². The molecule has 4 heterocycles. The van der Waals surface area contributed by atoms with Crippen LogP contribution in [0.5, 0.6) is 5.75 Å². The second-order valence-corrected chi connectivity index (χ2v) is 7.13. The van der Waals surface area contributed by atoms with E-state index in [0.717, 1.165) is 17.0 Å². The summed E-state index contributed by atoms with van der Waals surface area (Å²) in [5.74, 6) is 1.40. The Hall–Kier alpha value is -2.27. The average molecular weight is 339 g/mol. The van der Waals surface area contributed by atoms with Crippen LogP contribution in [-0.4, -0.2) is 48.1 Å². The van der Waals surface area contributed by atoms with Gasteiger partial charge in [-0.25, -0.2) is 0 Å². The van der Waals surface area contributed by atoms with E-state index in [1.807, 2.05) is 36.4 Å². The summed E-state index contributed by atoms with van der Waals surface area (Å²) in [4.78, 5) is 18.5. The predicted molar refractivity (Wildman–Crippen MR) is 97.8 cm³/mol. The first-order chi connectivity index (χ1) is 12.2. The fourth-order valence-electron chi connectivity index (χ4n) is 4.26. The molecule has 2 bridgehead atoms. The minimum Gasteiger partial charge on any atom is -0.497 e. The number of ether oxygens (including phenoxy) is 1. The second kappa shape index (κ2) is 6.56. The van der Waals surface area contributed by atoms with Gasteiger partial charge in [-0.15, -0.1) is 0 Å². The van der Waals surface area contributed by atoms with Gasteiger partial charge in [0.1, 0.15) is 11.4 Å². The zero-order valence-electron chi connectivity index (χ0n) is 14.8. The van der Waals surface area contributed by atoms with Crippen molar-refractivity contribution in [3.05, 3.63) is 42.1 Å². The van der Waals surface area contributed by atoms with E-state index in [-0.39, 0.29) is 11.9 Å². The van der Waals surface area contributed by atoms with Crippen LogP contribution in [0.2, 0.25) is 0 Å². The number of H-pyrrole nitrogens is 1. The number of fused-ring (bicyclic) bond motifs is 3. The number of hydrogen-bond donors (Lipinski definition) is 2. The number of amides is 1. The third-order valence-electron chi connectivity index (χ3n) is 5.79. The van der Waals surface area contributed by atoms with Crippen LogP contribution in [0.25, 0.3) is 11.3 Å². The van der Waals surface area contributed by atoms with Gasteiger partial charge in [0, 0.05) is 23.3 Å². The zero-order valence-corrected chi connectivity index (χ0v) is 14.8. The summed E-state index contributed by atoms with van der Waals surface area (Å²) in [6, 6.07) is 12.3. The lowest BCUT2D eigenvalue weighted by molar-refractivity contribution is 0.0216. The van der Waals surface area contributed by atoms with Gasteiger partial charge in [-0.3, -0.25) is 9.69 Å². The number of nitrogens with zero attached hydrogens (tertiary/aromatic N) is 1. The van der Waals surface area contributed by atoms with E-state index < -0.39 is 0 Å². The van der Waals surface area contributed by atoms with Crippen LogP contribution in [-0.2, 0) is 0 Å². The predicted octanol–water partition coefficient (Wildman–Crippen LogP) is 2.90. The lowest BCUT2D eigenvalue weighted by Gasteiger charge is -2.49. The third kappa shape index (κ3) is 3.04. The molecule has 1 amide bonds. The largest absolute Gasteiger partial charge is 0.497 e. The standard InChI is InChI=1S/C20H25N3O2/c1-13-19(14-8-10-23(13)11-9-14)22-20(24)18-7-6-17(21-18)15-4-3-5-16(12-15)25-2/h3-7,12-14,19,21H,8-11H2,1-2H3,(H,22,24)/t13-,19-/m0/s1. The molecule has 3 aliphatic heterocycles. The van der Waals surface area contributed by atoms with E-state index in [0.29, 0.717) is 17.7 Å². The van der Waals surface area contributed by atoms with Crippen LogP contribution in [0.1, 0.15) is 30.3 Å². The number of rotatable bonds is 4. The van der Waals surface area contributed by atoms with Gasteiger partial charge < -0.3 is 15.0 Å². The Bertz CT molecular complexity index is 760. The summed E-state index contributed by atoms with van der Waals surface area (Å²) in [5, 5.41) is 3.27. The highest BCUT2D eigenvalue weighted by Gasteiger charge is 2.40. The molecule has 25 heavy (non-hydrogen) atoms. The molecule has 1 aromatic carbocycles. The summed E-state index contributed by atoms with van der Waals surface area (Å²) in [5.41, 5.74) is 2.54. The van der Waals surface area contributed by atoms with Crippen molar-refractivity contribution in [3.63, 3.8) is 0 Å². The van der Waals surface area contributed by atoms with Gasteiger partial charge >= 0.3 is 0 Å². The molecule has 132 valence electrons. The zero-order chi connectivity index (χ0) is 17.4. The number of carbonyl (C=O) groups excluding carboxylic acids is 1. The summed E-state index contributed by atoms with van der Waals surface area (Å²) in [6.45, 7) is 4.56. The maximum Gasteiger partial charge on any atom is 0.267 e. The molecule has 2 atom stereocenters. The number of carbonyl (C=O) groups is 1. The summed E-state index contributed by atoms with van der Waals surface area (Å²) >= 11 is 0. The van der Waals surface area contributed by atoms with Crippen LogP contribution in [0, 0.1) is 5.92 Å². The van der Waals surface area contributed by atoms with Crippen molar-refractivity contribution in [2.24, 2.45) is 5.92 Å². The second-order valence-electron chi connectivity index (χ2n) is 7.13. The Morgan fingerprint density at radius 2 is 2.04 bits per heavy atom. The summed E-state index contributed by atoms with van der Waals surface area (Å²) < 4.78 is 5.27. The molecule has 0 saturated carbocycles. The Morgan fingerprint density at radius 1 is 1.24 bits per heavy atom. The monoisotopic (exact) mass is 339 g/mol. The van der Waals surface area contributed by atoms with E-state index in [1.54, 1.807) is 7.11 Å². The smallest absolute Gasteiger partial charge is 0.267 e. The number of hydrogen-bond acceptors (Lipinski definition) is 3. The van der Waals surface area contributed by atoms with Crippen molar-refractivity contribution in [2.75, 3.05) is 20.2 Å². The number of aromatic nitrogens is 1. The van der Waals surface area contributed by atoms with Crippen LogP contribution in [0.3, 0.4) is 0 Å². The molecule has 3 saturated heterocycles. The van der Waals surface area contributed by atoms with Crippen LogP contribution >= 0.6 is 0 Å². The molecule has 5 nitrogen and oxygen atoms in total. The van der Waals surface area contributed by atoms with Crippen molar-refractivity contribution in [3.8, 4) is 17.0 Å². The van der Waals surface area contributed by atoms with Crippen molar-refractivity contribution in [2.45, 2.75) is 31.8 Å². The first-order valence-electron chi connectivity index (χ1n) is 9.04. The van der Waals surface area contributed by atoms with Crippen molar-refractivity contribution in [1.82, 2.24) is 15.2 Å². The van der Waals surface area contributed by atoms with Crippen LogP contribution in [0.15, 0.2) is 36.4 Å². The Morgan fingerprint density at radius 3 is 2.76 bits per heavy atom. The molecular formula is C20H25N3O2. The number of methoxy groups -OCH3 is 1. The average Bonchev–Trinajstić information content (AvgIpc) is 3.15. The first kappa shape index (κ1) is 16.2. The molecule has 3 fully saturated rings. The van der Waals surface area contributed by atoms with Gasteiger partial charge in [0.2, 0.25) is 0 Å². The first-order valence-corrected chi connectivity index (χ1v) is 9.04.